The van der Waals surface area contributed by atoms with Gasteiger partial charge in [-0.05, 0) is 32.4 Å². The molecule has 1 heterocycles. The molecule has 1 saturated heterocycles. The van der Waals surface area contributed by atoms with E-state index in [1.165, 1.54) is 0 Å². The average Bonchev–Trinajstić information content (AvgIpc) is 2.66. The zero-order chi connectivity index (χ0) is 14.3. The molecule has 0 amide bonds. The van der Waals surface area contributed by atoms with Crippen molar-refractivity contribution in [3.05, 3.63) is 0 Å². The summed E-state index contributed by atoms with van der Waals surface area (Å²) >= 11 is 0. The van der Waals surface area contributed by atoms with Crippen LogP contribution in [0.15, 0.2) is 0 Å². The quantitative estimate of drug-likeness (QED) is 0.814. The topological polar surface area (TPSA) is 77.8 Å². The Balaban J connectivity index is 0.000000360. The molecular weight excluding hydrogens is 255 g/mol. The molecule has 8 heteroatoms. The van der Waals surface area contributed by atoms with E-state index in [2.05, 4.69) is 11.8 Å². The Hall–Kier alpha value is -1.31. The number of hydrogen-bond donors (Lipinski definition) is 2. The van der Waals surface area contributed by atoms with Crippen LogP contribution in [0.25, 0.3) is 0 Å². The van der Waals surface area contributed by atoms with Crippen LogP contribution in [0.1, 0.15) is 26.2 Å². The predicted molar refractivity (Wildman–Crippen MR) is 56.2 cm³/mol. The van der Waals surface area contributed by atoms with Crippen molar-refractivity contribution in [2.24, 2.45) is 0 Å². The number of carboxylic acid groups (broad SMARTS) is 2. The van der Waals surface area contributed by atoms with Gasteiger partial charge in [-0.1, -0.05) is 6.92 Å². The molecule has 1 unspecified atom stereocenters. The summed E-state index contributed by atoms with van der Waals surface area (Å²) in [5.74, 6) is -3.41. The second-order valence-electron chi connectivity index (χ2n) is 3.84. The standard InChI is InChI=1S/C8H15NO2.C2HF3O2/c1-2-5-9-6-3-4-7(9)8(10)11;3-2(4,5)1(6)7/h7H,2-6H2,1H3,(H,10,11);(H,6,7). The Morgan fingerprint density at radius 1 is 1.33 bits per heavy atom. The maximum Gasteiger partial charge on any atom is 0.490 e. The Morgan fingerprint density at radius 3 is 2.17 bits per heavy atom. The number of halogens is 3. The van der Waals surface area contributed by atoms with Crippen LogP contribution in [0.3, 0.4) is 0 Å². The molecule has 0 aromatic heterocycles. The lowest BCUT2D eigenvalue weighted by molar-refractivity contribution is -0.192. The maximum absolute atomic E-state index is 10.6. The fraction of sp³-hybridized carbons (Fsp3) is 0.800. The minimum absolute atomic E-state index is 0.199. The third-order valence-corrected chi connectivity index (χ3v) is 2.40. The molecular formula is C10H16F3NO4. The van der Waals surface area contributed by atoms with E-state index in [-0.39, 0.29) is 6.04 Å². The average molecular weight is 271 g/mol. The second kappa shape index (κ2) is 7.20. The molecule has 0 aromatic rings. The van der Waals surface area contributed by atoms with Gasteiger partial charge < -0.3 is 10.2 Å². The van der Waals surface area contributed by atoms with Crippen LogP contribution in [0.2, 0.25) is 0 Å². The molecule has 1 atom stereocenters. The van der Waals surface area contributed by atoms with Crippen LogP contribution in [0.4, 0.5) is 13.2 Å². The van der Waals surface area contributed by atoms with Crippen LogP contribution >= 0.6 is 0 Å². The monoisotopic (exact) mass is 271 g/mol. The zero-order valence-electron chi connectivity index (χ0n) is 9.90. The molecule has 0 spiro atoms. The van der Waals surface area contributed by atoms with E-state index >= 15 is 0 Å². The number of aliphatic carboxylic acids is 2. The van der Waals surface area contributed by atoms with Gasteiger partial charge in [0.1, 0.15) is 6.04 Å². The van der Waals surface area contributed by atoms with Gasteiger partial charge in [-0.15, -0.1) is 0 Å². The van der Waals surface area contributed by atoms with Gasteiger partial charge in [-0.2, -0.15) is 13.2 Å². The number of nitrogens with zero attached hydrogens (tertiary/aromatic N) is 1. The highest BCUT2D eigenvalue weighted by Crippen LogP contribution is 2.17. The molecule has 0 radical (unpaired) electrons. The van der Waals surface area contributed by atoms with Crippen molar-refractivity contribution in [2.75, 3.05) is 13.1 Å². The third-order valence-electron chi connectivity index (χ3n) is 2.40. The Labute approximate surface area is 102 Å². The number of carbonyl (C=O) groups is 2. The van der Waals surface area contributed by atoms with E-state index in [9.17, 15) is 18.0 Å². The maximum atomic E-state index is 10.6. The molecule has 0 bridgehead atoms. The normalized spacial score (nSPS) is 20.1. The lowest BCUT2D eigenvalue weighted by Gasteiger charge is -2.19. The first-order chi connectivity index (χ1) is 8.20. The lowest BCUT2D eigenvalue weighted by atomic mass is 10.2. The predicted octanol–water partition coefficient (Wildman–Crippen LogP) is 1.58. The van der Waals surface area contributed by atoms with Gasteiger partial charge in [-0.25, -0.2) is 4.79 Å². The Kier molecular flexibility index (Phi) is 6.67. The Morgan fingerprint density at radius 2 is 1.83 bits per heavy atom. The molecule has 106 valence electrons. The van der Waals surface area contributed by atoms with Crippen LogP contribution in [0.5, 0.6) is 0 Å². The smallest absolute Gasteiger partial charge is 0.480 e. The SMILES string of the molecule is CCCN1CCCC1C(=O)O.O=C(O)C(F)(F)F. The van der Waals surface area contributed by atoms with Gasteiger partial charge in [0.2, 0.25) is 0 Å². The number of rotatable bonds is 3. The molecule has 0 saturated carbocycles. The molecule has 5 nitrogen and oxygen atoms in total. The summed E-state index contributed by atoms with van der Waals surface area (Å²) in [6.07, 6.45) is -2.17. The van der Waals surface area contributed by atoms with E-state index in [1.54, 1.807) is 0 Å². The summed E-state index contributed by atoms with van der Waals surface area (Å²) in [6, 6.07) is -0.199. The molecule has 2 N–H and O–H groups in total. The Bertz CT molecular complexity index is 293. The number of hydrogen-bond acceptors (Lipinski definition) is 3. The summed E-state index contributed by atoms with van der Waals surface area (Å²) in [5, 5.41) is 15.9. The first kappa shape index (κ1) is 16.7. The largest absolute Gasteiger partial charge is 0.490 e. The van der Waals surface area contributed by atoms with Gasteiger partial charge in [0, 0.05) is 0 Å². The number of carboxylic acids is 2. The van der Waals surface area contributed by atoms with Crippen molar-refractivity contribution in [1.29, 1.82) is 0 Å². The van der Waals surface area contributed by atoms with E-state index in [4.69, 9.17) is 15.0 Å². The summed E-state index contributed by atoms with van der Waals surface area (Å²) in [4.78, 5) is 21.6. The van der Waals surface area contributed by atoms with Crippen LogP contribution in [-0.2, 0) is 9.59 Å². The summed E-state index contributed by atoms with van der Waals surface area (Å²) < 4.78 is 31.7. The van der Waals surface area contributed by atoms with Crippen LogP contribution < -0.4 is 0 Å². The van der Waals surface area contributed by atoms with E-state index in [0.717, 1.165) is 32.4 Å². The highest BCUT2D eigenvalue weighted by molar-refractivity contribution is 5.73. The minimum atomic E-state index is -5.08. The van der Waals surface area contributed by atoms with Crippen molar-refractivity contribution >= 4 is 11.9 Å². The van der Waals surface area contributed by atoms with Crippen LogP contribution in [0, 0.1) is 0 Å². The van der Waals surface area contributed by atoms with Gasteiger partial charge in [-0.3, -0.25) is 9.69 Å². The van der Waals surface area contributed by atoms with Gasteiger partial charge in [0.05, 0.1) is 0 Å². The highest BCUT2D eigenvalue weighted by Gasteiger charge is 2.38. The minimum Gasteiger partial charge on any atom is -0.480 e. The van der Waals surface area contributed by atoms with Crippen molar-refractivity contribution < 1.29 is 33.0 Å². The van der Waals surface area contributed by atoms with Gasteiger partial charge in [0.25, 0.3) is 0 Å². The third kappa shape index (κ3) is 5.85. The second-order valence-corrected chi connectivity index (χ2v) is 3.84. The van der Waals surface area contributed by atoms with Crippen molar-refractivity contribution in [3.8, 4) is 0 Å². The molecule has 0 aliphatic carbocycles. The van der Waals surface area contributed by atoms with Crippen molar-refractivity contribution in [1.82, 2.24) is 4.90 Å². The van der Waals surface area contributed by atoms with E-state index in [0.29, 0.717) is 0 Å². The lowest BCUT2D eigenvalue weighted by Crippen LogP contribution is -2.36. The molecule has 1 aliphatic heterocycles. The fourth-order valence-corrected chi connectivity index (χ4v) is 1.66. The van der Waals surface area contributed by atoms with Crippen LogP contribution in [-0.4, -0.2) is 52.4 Å². The summed E-state index contributed by atoms with van der Waals surface area (Å²) in [5.41, 5.74) is 0. The molecule has 1 fully saturated rings. The first-order valence-corrected chi connectivity index (χ1v) is 5.47. The number of likely N-dealkylation sites (tertiary alicyclic amines) is 1. The summed E-state index contributed by atoms with van der Waals surface area (Å²) in [6.45, 7) is 3.97. The van der Waals surface area contributed by atoms with Crippen molar-refractivity contribution in [2.45, 2.75) is 38.4 Å². The fourth-order valence-electron chi connectivity index (χ4n) is 1.66. The molecule has 18 heavy (non-hydrogen) atoms. The molecule has 1 rings (SSSR count). The van der Waals surface area contributed by atoms with Crippen molar-refractivity contribution in [3.63, 3.8) is 0 Å². The zero-order valence-corrected chi connectivity index (χ0v) is 9.90. The molecule has 1 aliphatic rings. The number of alkyl halides is 3. The summed E-state index contributed by atoms with van der Waals surface area (Å²) in [7, 11) is 0. The van der Waals surface area contributed by atoms with Gasteiger partial charge >= 0.3 is 18.1 Å². The van der Waals surface area contributed by atoms with E-state index < -0.39 is 18.1 Å². The van der Waals surface area contributed by atoms with E-state index in [1.807, 2.05) is 0 Å². The first-order valence-electron chi connectivity index (χ1n) is 5.47. The van der Waals surface area contributed by atoms with Gasteiger partial charge in [0.15, 0.2) is 0 Å². The molecule has 0 aromatic carbocycles. The highest BCUT2D eigenvalue weighted by atomic mass is 19.4.